The fourth-order valence-electron chi connectivity index (χ4n) is 6.46. The van der Waals surface area contributed by atoms with E-state index >= 15 is 0 Å². The van der Waals surface area contributed by atoms with E-state index in [9.17, 15) is 29.4 Å². The van der Waals surface area contributed by atoms with Gasteiger partial charge in [0.15, 0.2) is 34.6 Å². The summed E-state index contributed by atoms with van der Waals surface area (Å²) >= 11 is 0. The van der Waals surface area contributed by atoms with Crippen molar-refractivity contribution in [3.05, 3.63) is 86.0 Å². The minimum atomic E-state index is -1.17. The molecule has 0 spiro atoms. The first-order valence-corrected chi connectivity index (χ1v) is 13.0. The van der Waals surface area contributed by atoms with Gasteiger partial charge in [-0.15, -0.1) is 0 Å². The summed E-state index contributed by atoms with van der Waals surface area (Å²) in [5.74, 6) is -1.48. The number of hydrogen-bond acceptors (Lipinski definition) is 7. The Bertz CT molecular complexity index is 1820. The molecule has 4 aliphatic carbocycles. The fourth-order valence-corrected chi connectivity index (χ4v) is 6.46. The number of phenolic OH excluding ortho intramolecular Hbond substituents is 2. The first-order chi connectivity index (χ1) is 18.6. The van der Waals surface area contributed by atoms with Crippen LogP contribution in [0.3, 0.4) is 0 Å². The highest BCUT2D eigenvalue weighted by Crippen LogP contribution is 2.60. The van der Waals surface area contributed by atoms with Gasteiger partial charge in [-0.25, -0.2) is 0 Å². The van der Waals surface area contributed by atoms with Crippen LogP contribution < -0.4 is 4.74 Å². The van der Waals surface area contributed by atoms with E-state index in [0.717, 1.165) is 0 Å². The predicted molar refractivity (Wildman–Crippen MR) is 148 cm³/mol. The van der Waals surface area contributed by atoms with E-state index in [-0.39, 0.29) is 62.7 Å². The Labute approximate surface area is 231 Å². The Balaban J connectivity index is 1.82. The summed E-state index contributed by atoms with van der Waals surface area (Å²) in [4.78, 5) is 55.2. The van der Waals surface area contributed by atoms with E-state index in [1.165, 1.54) is 25.3 Å². The normalized spacial score (nSPS) is 20.3. The van der Waals surface area contributed by atoms with Gasteiger partial charge in [0.25, 0.3) is 0 Å². The summed E-state index contributed by atoms with van der Waals surface area (Å²) in [6.07, 6.45) is 2.87. The number of carbonyl (C=O) groups excluding carboxylic acids is 4. The van der Waals surface area contributed by atoms with Crippen molar-refractivity contribution in [3.63, 3.8) is 0 Å². The highest BCUT2D eigenvalue weighted by Gasteiger charge is 2.55. The zero-order chi connectivity index (χ0) is 29.2. The minimum absolute atomic E-state index is 0.0382. The van der Waals surface area contributed by atoms with Crippen LogP contribution in [0.4, 0.5) is 0 Å². The molecule has 0 bridgehead atoms. The zero-order valence-electron chi connectivity index (χ0n) is 23.3. The summed E-state index contributed by atoms with van der Waals surface area (Å²) < 4.78 is 5.60. The number of methoxy groups -OCH3 is 1. The number of carbonyl (C=O) groups is 4. The number of allylic oxidation sites excluding steroid dienone is 8. The number of benzene rings is 2. The fraction of sp³-hybridized carbons (Fsp3) is 0.273. The largest absolute Gasteiger partial charge is 0.508 e. The Morgan fingerprint density at radius 2 is 1.15 bits per heavy atom. The summed E-state index contributed by atoms with van der Waals surface area (Å²) in [6.45, 7) is 10.2. The monoisotopic (exact) mass is 536 g/mol. The number of hydrogen-bond donors (Lipinski definition) is 2. The number of phenols is 2. The molecule has 4 aliphatic rings. The molecule has 0 radical (unpaired) electrons. The van der Waals surface area contributed by atoms with Crippen LogP contribution in [0.15, 0.2) is 52.6 Å². The first-order valence-electron chi connectivity index (χ1n) is 13.0. The number of rotatable bonds is 2. The smallest absolute Gasteiger partial charge is 0.186 e. The number of ether oxygens (including phenoxy) is 1. The number of Topliss-reactive ketones (excluding diaryl/α,β-unsaturated/α-hetero) is 2. The maximum atomic E-state index is 14.3. The summed E-state index contributed by atoms with van der Waals surface area (Å²) in [5.41, 5.74) is 1.78. The first kappa shape index (κ1) is 25.7. The van der Waals surface area contributed by atoms with Gasteiger partial charge in [-0.3, -0.25) is 19.2 Å². The van der Waals surface area contributed by atoms with Crippen LogP contribution in [0.1, 0.15) is 70.7 Å². The van der Waals surface area contributed by atoms with E-state index in [0.29, 0.717) is 44.5 Å². The van der Waals surface area contributed by atoms with Crippen molar-refractivity contribution < 1.29 is 34.1 Å². The van der Waals surface area contributed by atoms with Crippen LogP contribution in [0, 0.1) is 24.7 Å². The highest BCUT2D eigenvalue weighted by atomic mass is 16.5. The Morgan fingerprint density at radius 1 is 0.650 bits per heavy atom. The maximum absolute atomic E-state index is 14.3. The second kappa shape index (κ2) is 7.78. The standard InChI is InChI=1S/C33H28O7/c1-13-8-15-16(10-20(13)34)23-18(11-21(15)35)32(3,4)30(38)26(23)27-25-19(33(5,6)31(27)39)12-22(36)17-9-14(2)28(37)29(40-7)24(17)25/h8-12,34,37H,1-7H3. The van der Waals surface area contributed by atoms with Gasteiger partial charge in [0.2, 0.25) is 0 Å². The lowest BCUT2D eigenvalue weighted by atomic mass is 9.76. The van der Waals surface area contributed by atoms with Crippen molar-refractivity contribution in [2.45, 2.75) is 41.5 Å². The lowest BCUT2D eigenvalue weighted by Gasteiger charge is -2.26. The number of fused-ring (bicyclic) bond motifs is 6. The number of aryl methyl sites for hydroxylation is 2. The van der Waals surface area contributed by atoms with Crippen LogP contribution in [0.2, 0.25) is 0 Å². The molecule has 0 atom stereocenters. The van der Waals surface area contributed by atoms with Gasteiger partial charge < -0.3 is 14.9 Å². The van der Waals surface area contributed by atoms with Gasteiger partial charge in [-0.1, -0.05) is 0 Å². The van der Waals surface area contributed by atoms with Gasteiger partial charge in [-0.2, -0.15) is 0 Å². The molecule has 2 aromatic rings. The molecule has 0 saturated heterocycles. The summed E-state index contributed by atoms with van der Waals surface area (Å²) in [7, 11) is 1.38. The zero-order valence-corrected chi connectivity index (χ0v) is 23.3. The molecule has 202 valence electrons. The van der Waals surface area contributed by atoms with Gasteiger partial charge in [0.05, 0.1) is 17.9 Å². The minimum Gasteiger partial charge on any atom is -0.508 e. The third-order valence-corrected chi connectivity index (χ3v) is 8.81. The molecule has 0 aromatic heterocycles. The molecule has 0 amide bonds. The maximum Gasteiger partial charge on any atom is 0.186 e. The number of ketones is 4. The van der Waals surface area contributed by atoms with Crippen molar-refractivity contribution in [1.29, 1.82) is 0 Å². The molecule has 6 rings (SSSR count). The van der Waals surface area contributed by atoms with Crippen LogP contribution >= 0.6 is 0 Å². The van der Waals surface area contributed by atoms with Gasteiger partial charge in [-0.05, 0) is 105 Å². The molecule has 40 heavy (non-hydrogen) atoms. The van der Waals surface area contributed by atoms with Crippen molar-refractivity contribution in [1.82, 2.24) is 0 Å². The number of aromatic hydroxyl groups is 2. The van der Waals surface area contributed by atoms with Crippen molar-refractivity contribution >= 4 is 34.3 Å². The van der Waals surface area contributed by atoms with Crippen LogP contribution in [0.25, 0.3) is 11.1 Å². The van der Waals surface area contributed by atoms with Gasteiger partial charge in [0.1, 0.15) is 5.75 Å². The SMILES string of the molecule is COc1c(O)c(C)cc2c1C1=C(C3=C4C(=CC(=O)c5cc(C)c(O)cc54)C(C)(C)C3=O)C(=O)C(C)(C)C1=CC2=O. The molecule has 7 nitrogen and oxygen atoms in total. The molecular weight excluding hydrogens is 508 g/mol. The Kier molecular flexibility index (Phi) is 5.01. The Hall–Kier alpha value is -4.52. The Morgan fingerprint density at radius 3 is 1.73 bits per heavy atom. The average Bonchev–Trinajstić information content (AvgIpc) is 3.20. The van der Waals surface area contributed by atoms with Gasteiger partial charge in [0, 0.05) is 33.4 Å². The quantitative estimate of drug-likeness (QED) is 0.528. The van der Waals surface area contributed by atoms with Crippen molar-refractivity contribution in [2.75, 3.05) is 7.11 Å². The van der Waals surface area contributed by atoms with Crippen molar-refractivity contribution in [2.24, 2.45) is 10.8 Å². The van der Waals surface area contributed by atoms with Crippen LogP contribution in [0.5, 0.6) is 17.2 Å². The second-order valence-electron chi connectivity index (χ2n) is 11.9. The summed E-state index contributed by atoms with van der Waals surface area (Å²) in [5, 5.41) is 21.6. The summed E-state index contributed by atoms with van der Waals surface area (Å²) in [6, 6.07) is 4.62. The molecular formula is C33H28O7. The van der Waals surface area contributed by atoms with Crippen LogP contribution in [-0.2, 0) is 9.59 Å². The molecule has 7 heteroatoms. The molecule has 0 heterocycles. The third kappa shape index (κ3) is 2.95. The second-order valence-corrected chi connectivity index (χ2v) is 11.9. The van der Waals surface area contributed by atoms with Crippen molar-refractivity contribution in [3.8, 4) is 17.2 Å². The van der Waals surface area contributed by atoms with E-state index < -0.39 is 10.8 Å². The molecule has 0 unspecified atom stereocenters. The molecule has 0 aliphatic heterocycles. The van der Waals surface area contributed by atoms with E-state index in [1.54, 1.807) is 53.7 Å². The molecule has 2 N–H and O–H groups in total. The van der Waals surface area contributed by atoms with E-state index in [4.69, 9.17) is 4.74 Å². The lowest BCUT2D eigenvalue weighted by Crippen LogP contribution is -2.26. The van der Waals surface area contributed by atoms with Gasteiger partial charge >= 0.3 is 0 Å². The van der Waals surface area contributed by atoms with E-state index in [1.807, 2.05) is 0 Å². The molecule has 0 fully saturated rings. The predicted octanol–water partition coefficient (Wildman–Crippen LogP) is 5.39. The average molecular weight is 537 g/mol. The van der Waals surface area contributed by atoms with Crippen LogP contribution in [-0.4, -0.2) is 40.5 Å². The third-order valence-electron chi connectivity index (χ3n) is 8.81. The lowest BCUT2D eigenvalue weighted by molar-refractivity contribution is -0.123. The molecule has 2 aromatic carbocycles. The molecule has 0 saturated carbocycles. The van der Waals surface area contributed by atoms with E-state index in [2.05, 4.69) is 0 Å². The topological polar surface area (TPSA) is 118 Å². The highest BCUT2D eigenvalue weighted by molar-refractivity contribution is 6.36.